The number of likely N-dealkylation sites (tertiary alicyclic amines) is 1. The van der Waals surface area contributed by atoms with Gasteiger partial charge in [0.25, 0.3) is 0 Å². The molecule has 0 spiro atoms. The summed E-state index contributed by atoms with van der Waals surface area (Å²) < 4.78 is 0. The van der Waals surface area contributed by atoms with Gasteiger partial charge in [-0.1, -0.05) is 30.3 Å². The molecule has 24 heavy (non-hydrogen) atoms. The maximum atomic E-state index is 12.5. The summed E-state index contributed by atoms with van der Waals surface area (Å²) in [6, 6.07) is 11.9. The molecular formula is C20H23NO2S. The fourth-order valence-corrected chi connectivity index (χ4v) is 3.96. The van der Waals surface area contributed by atoms with Crippen molar-refractivity contribution < 1.29 is 9.59 Å². The number of hydrogen-bond acceptors (Lipinski definition) is 3. The summed E-state index contributed by atoms with van der Waals surface area (Å²) >= 11 is 1.66. The molecule has 1 amide bonds. The van der Waals surface area contributed by atoms with Gasteiger partial charge in [0.15, 0.2) is 0 Å². The summed E-state index contributed by atoms with van der Waals surface area (Å²) in [5.74, 6) is 0.430. The molecule has 0 aliphatic carbocycles. The molecular weight excluding hydrogens is 318 g/mol. The Morgan fingerprint density at radius 1 is 1.12 bits per heavy atom. The summed E-state index contributed by atoms with van der Waals surface area (Å²) in [7, 11) is 0. The summed E-state index contributed by atoms with van der Waals surface area (Å²) in [6.45, 7) is 1.38. The Morgan fingerprint density at radius 3 is 2.71 bits per heavy atom. The number of piperidine rings is 1. The number of Topliss-reactive ketones (excluding diaryl/α,β-unsaturated/α-hetero) is 1. The highest BCUT2D eigenvalue weighted by Crippen LogP contribution is 2.20. The Labute approximate surface area is 147 Å². The molecule has 0 saturated carbocycles. The van der Waals surface area contributed by atoms with Crippen molar-refractivity contribution in [3.05, 3.63) is 58.3 Å². The third kappa shape index (κ3) is 4.54. The highest BCUT2D eigenvalue weighted by atomic mass is 32.1. The number of aryl methyl sites for hydroxylation is 1. The highest BCUT2D eigenvalue weighted by Gasteiger charge is 2.27. The summed E-state index contributed by atoms with van der Waals surface area (Å²) in [5.41, 5.74) is 2.28. The molecule has 0 radical (unpaired) electrons. The number of thiophene rings is 1. The van der Waals surface area contributed by atoms with E-state index < -0.39 is 0 Å². The number of ketones is 1. The third-order valence-electron chi connectivity index (χ3n) is 4.66. The van der Waals surface area contributed by atoms with E-state index in [4.69, 9.17) is 0 Å². The second kappa shape index (κ2) is 8.25. The lowest BCUT2D eigenvalue weighted by Gasteiger charge is -2.32. The van der Waals surface area contributed by atoms with Crippen LogP contribution in [0.15, 0.2) is 47.2 Å². The zero-order valence-corrected chi connectivity index (χ0v) is 14.6. The van der Waals surface area contributed by atoms with Gasteiger partial charge in [0.05, 0.1) is 0 Å². The fourth-order valence-electron chi connectivity index (χ4n) is 3.25. The van der Waals surface area contributed by atoms with Crippen LogP contribution in [-0.2, 0) is 22.4 Å². The second-order valence-electron chi connectivity index (χ2n) is 6.44. The van der Waals surface area contributed by atoms with E-state index in [1.54, 1.807) is 11.3 Å². The minimum atomic E-state index is -0.0101. The number of hydrogen-bond donors (Lipinski definition) is 0. The Balaban J connectivity index is 1.51. The van der Waals surface area contributed by atoms with Crippen LogP contribution in [0.3, 0.4) is 0 Å². The number of rotatable bonds is 6. The summed E-state index contributed by atoms with van der Waals surface area (Å²) in [6.07, 6.45) is 3.63. The molecule has 0 bridgehead atoms. The van der Waals surface area contributed by atoms with Crippen molar-refractivity contribution in [1.82, 2.24) is 4.90 Å². The van der Waals surface area contributed by atoms with E-state index in [1.807, 2.05) is 40.6 Å². The molecule has 126 valence electrons. The highest BCUT2D eigenvalue weighted by molar-refractivity contribution is 7.07. The molecule has 2 aromatic rings. The van der Waals surface area contributed by atoms with Crippen molar-refractivity contribution in [3.8, 4) is 0 Å². The van der Waals surface area contributed by atoms with Crippen LogP contribution in [0.25, 0.3) is 0 Å². The maximum absolute atomic E-state index is 12.5. The summed E-state index contributed by atoms with van der Waals surface area (Å²) in [4.78, 5) is 26.9. The van der Waals surface area contributed by atoms with E-state index in [0.29, 0.717) is 19.4 Å². The Morgan fingerprint density at radius 2 is 1.96 bits per heavy atom. The first-order valence-electron chi connectivity index (χ1n) is 8.58. The second-order valence-corrected chi connectivity index (χ2v) is 7.22. The largest absolute Gasteiger partial charge is 0.342 e. The van der Waals surface area contributed by atoms with Crippen LogP contribution in [-0.4, -0.2) is 29.7 Å². The van der Waals surface area contributed by atoms with E-state index in [0.717, 1.165) is 31.4 Å². The third-order valence-corrected chi connectivity index (χ3v) is 5.39. The zero-order chi connectivity index (χ0) is 16.8. The predicted octanol–water partition coefficient (Wildman–Crippen LogP) is 3.73. The van der Waals surface area contributed by atoms with E-state index in [-0.39, 0.29) is 17.6 Å². The van der Waals surface area contributed by atoms with Crippen LogP contribution in [0, 0.1) is 5.92 Å². The SMILES string of the molecule is O=C(Cc1ccccc1)[C@@H]1CCCN(C(=O)CCc2ccsc2)C1. The fraction of sp³-hybridized carbons (Fsp3) is 0.400. The number of carbonyl (C=O) groups excluding carboxylic acids is 2. The molecule has 1 fully saturated rings. The van der Waals surface area contributed by atoms with Crippen LogP contribution in [0.2, 0.25) is 0 Å². The first kappa shape index (κ1) is 16.9. The normalized spacial score (nSPS) is 17.7. The first-order valence-corrected chi connectivity index (χ1v) is 9.52. The van der Waals surface area contributed by atoms with Gasteiger partial charge in [-0.25, -0.2) is 0 Å². The average molecular weight is 341 g/mol. The van der Waals surface area contributed by atoms with Crippen molar-refractivity contribution in [1.29, 1.82) is 0 Å². The molecule has 0 unspecified atom stereocenters. The van der Waals surface area contributed by atoms with Gasteiger partial charge in [-0.2, -0.15) is 11.3 Å². The van der Waals surface area contributed by atoms with Crippen molar-refractivity contribution in [3.63, 3.8) is 0 Å². The quantitative estimate of drug-likeness (QED) is 0.803. The minimum Gasteiger partial charge on any atom is -0.342 e. The number of benzene rings is 1. The monoisotopic (exact) mass is 341 g/mol. The van der Waals surface area contributed by atoms with Crippen molar-refractivity contribution in [2.45, 2.75) is 32.1 Å². The smallest absolute Gasteiger partial charge is 0.222 e. The van der Waals surface area contributed by atoms with Gasteiger partial charge in [-0.15, -0.1) is 0 Å². The molecule has 1 atom stereocenters. The molecule has 0 N–H and O–H groups in total. The Hall–Kier alpha value is -1.94. The molecule has 4 heteroatoms. The van der Waals surface area contributed by atoms with Crippen LogP contribution >= 0.6 is 11.3 Å². The number of amides is 1. The van der Waals surface area contributed by atoms with Crippen LogP contribution in [0.5, 0.6) is 0 Å². The van der Waals surface area contributed by atoms with Crippen LogP contribution < -0.4 is 0 Å². The lowest BCUT2D eigenvalue weighted by Crippen LogP contribution is -2.42. The van der Waals surface area contributed by atoms with Crippen LogP contribution in [0.1, 0.15) is 30.4 Å². The molecule has 1 aromatic carbocycles. The number of carbonyl (C=O) groups is 2. The molecule has 1 aromatic heterocycles. The zero-order valence-electron chi connectivity index (χ0n) is 13.8. The molecule has 1 saturated heterocycles. The molecule has 3 nitrogen and oxygen atoms in total. The molecule has 2 heterocycles. The van der Waals surface area contributed by atoms with E-state index >= 15 is 0 Å². The van der Waals surface area contributed by atoms with Gasteiger partial charge < -0.3 is 4.90 Å². The lowest BCUT2D eigenvalue weighted by atomic mass is 9.90. The van der Waals surface area contributed by atoms with Gasteiger partial charge in [-0.05, 0) is 47.2 Å². The topological polar surface area (TPSA) is 37.4 Å². The van der Waals surface area contributed by atoms with Crippen molar-refractivity contribution in [2.24, 2.45) is 5.92 Å². The summed E-state index contributed by atoms with van der Waals surface area (Å²) in [5, 5.41) is 4.13. The van der Waals surface area contributed by atoms with Crippen molar-refractivity contribution in [2.75, 3.05) is 13.1 Å². The van der Waals surface area contributed by atoms with Gasteiger partial charge in [0.2, 0.25) is 5.91 Å². The van der Waals surface area contributed by atoms with E-state index in [1.165, 1.54) is 5.56 Å². The average Bonchev–Trinajstić information content (AvgIpc) is 3.14. The van der Waals surface area contributed by atoms with Crippen LogP contribution in [0.4, 0.5) is 0 Å². The molecule has 1 aliphatic heterocycles. The van der Waals surface area contributed by atoms with E-state index in [2.05, 4.69) is 11.4 Å². The lowest BCUT2D eigenvalue weighted by molar-refractivity contribution is -0.135. The number of nitrogens with zero attached hydrogens (tertiary/aromatic N) is 1. The Bertz CT molecular complexity index is 666. The first-order chi connectivity index (χ1) is 11.7. The Kier molecular flexibility index (Phi) is 5.81. The molecule has 3 rings (SSSR count). The van der Waals surface area contributed by atoms with Gasteiger partial charge in [0, 0.05) is 31.8 Å². The maximum Gasteiger partial charge on any atom is 0.222 e. The van der Waals surface area contributed by atoms with Crippen molar-refractivity contribution >= 4 is 23.0 Å². The standard InChI is InChI=1S/C20H23NO2S/c22-19(13-16-5-2-1-3-6-16)18-7-4-11-21(14-18)20(23)9-8-17-10-12-24-15-17/h1-3,5-6,10,12,15,18H,4,7-9,11,13-14H2/t18-/m1/s1. The van der Waals surface area contributed by atoms with Gasteiger partial charge in [-0.3, -0.25) is 9.59 Å². The minimum absolute atomic E-state index is 0.0101. The molecule has 1 aliphatic rings. The van der Waals surface area contributed by atoms with Gasteiger partial charge in [0.1, 0.15) is 5.78 Å². The van der Waals surface area contributed by atoms with Gasteiger partial charge >= 0.3 is 0 Å². The predicted molar refractivity (Wildman–Crippen MR) is 97.1 cm³/mol. The van der Waals surface area contributed by atoms with E-state index in [9.17, 15) is 9.59 Å².